The van der Waals surface area contributed by atoms with E-state index in [2.05, 4.69) is 9.71 Å². The van der Waals surface area contributed by atoms with Crippen molar-refractivity contribution in [1.82, 2.24) is 4.98 Å². The van der Waals surface area contributed by atoms with Crippen LogP contribution in [0.1, 0.15) is 22.8 Å². The quantitative estimate of drug-likeness (QED) is 0.677. The summed E-state index contributed by atoms with van der Waals surface area (Å²) in [6.45, 7) is 3.72. The molecule has 7 nitrogen and oxygen atoms in total. The Morgan fingerprint density at radius 2 is 1.93 bits per heavy atom. The molecule has 0 spiro atoms. The highest BCUT2D eigenvalue weighted by Gasteiger charge is 2.30. The molecule has 0 atom stereocenters. The van der Waals surface area contributed by atoms with Gasteiger partial charge in [-0.1, -0.05) is 0 Å². The lowest BCUT2D eigenvalue weighted by Crippen LogP contribution is -2.30. The van der Waals surface area contributed by atoms with E-state index in [0.717, 1.165) is 0 Å². The van der Waals surface area contributed by atoms with Gasteiger partial charge in [-0.3, -0.25) is 14.4 Å². The van der Waals surface area contributed by atoms with Crippen LogP contribution in [0.2, 0.25) is 0 Å². The third-order valence-corrected chi connectivity index (χ3v) is 6.08. The first-order valence-corrected chi connectivity index (χ1v) is 10.7. The molecule has 1 aliphatic heterocycles. The number of sulfonamides is 1. The highest BCUT2D eigenvalue weighted by Crippen LogP contribution is 2.38. The number of fused-ring (bicyclic) bond motifs is 2. The summed E-state index contributed by atoms with van der Waals surface area (Å²) >= 11 is 0. The first-order valence-electron chi connectivity index (χ1n) is 9.18. The molecule has 1 amide bonds. The molecule has 2 aromatic carbocycles. The van der Waals surface area contributed by atoms with Gasteiger partial charge in [0.05, 0.1) is 16.1 Å². The number of hydrogen-bond acceptors (Lipinski definition) is 5. The molecule has 9 heteroatoms. The lowest BCUT2D eigenvalue weighted by atomic mass is 10.2. The summed E-state index contributed by atoms with van der Waals surface area (Å²) in [5.74, 6) is 0.130. The number of pyridine rings is 1. The van der Waals surface area contributed by atoms with E-state index in [-0.39, 0.29) is 21.9 Å². The smallest absolute Gasteiger partial charge is 0.263 e. The fourth-order valence-electron chi connectivity index (χ4n) is 3.20. The molecule has 3 aromatic rings. The molecule has 1 aliphatic rings. The van der Waals surface area contributed by atoms with Crippen molar-refractivity contribution in [2.75, 3.05) is 16.2 Å². The number of carbonyl (C=O) groups is 1. The topological polar surface area (TPSA) is 88.6 Å². The molecule has 2 heterocycles. The van der Waals surface area contributed by atoms with Crippen molar-refractivity contribution in [3.8, 4) is 11.5 Å². The van der Waals surface area contributed by atoms with Gasteiger partial charge in [0.25, 0.3) is 15.9 Å². The molecule has 154 valence electrons. The molecule has 0 unspecified atom stereocenters. The van der Waals surface area contributed by atoms with Gasteiger partial charge in [0.2, 0.25) is 0 Å². The monoisotopic (exact) mass is 427 g/mol. The minimum atomic E-state index is -4.02. The SMILES string of the molecule is CCN1C(=O)c2cc(S(=O)(=O)Nc3ccc(F)cc3C)ccc2Oc2cccnc21. The summed E-state index contributed by atoms with van der Waals surface area (Å²) in [4.78, 5) is 18.6. The highest BCUT2D eigenvalue weighted by atomic mass is 32.2. The largest absolute Gasteiger partial charge is 0.453 e. The van der Waals surface area contributed by atoms with E-state index < -0.39 is 21.7 Å². The Labute approximate surface area is 173 Å². The van der Waals surface area contributed by atoms with Crippen molar-refractivity contribution >= 4 is 27.4 Å². The van der Waals surface area contributed by atoms with Crippen molar-refractivity contribution in [2.45, 2.75) is 18.7 Å². The zero-order chi connectivity index (χ0) is 21.5. The predicted octanol–water partition coefficient (Wildman–Crippen LogP) is 4.10. The molecule has 1 aromatic heterocycles. The van der Waals surface area contributed by atoms with Crippen LogP contribution < -0.4 is 14.4 Å². The predicted molar refractivity (Wildman–Crippen MR) is 110 cm³/mol. The fraction of sp³-hybridized carbons (Fsp3) is 0.143. The zero-order valence-electron chi connectivity index (χ0n) is 16.2. The van der Waals surface area contributed by atoms with Crippen molar-refractivity contribution in [3.63, 3.8) is 0 Å². The number of aryl methyl sites for hydroxylation is 1. The van der Waals surface area contributed by atoms with Crippen LogP contribution in [-0.2, 0) is 10.0 Å². The molecule has 0 bridgehead atoms. The Balaban J connectivity index is 1.75. The molecule has 1 N–H and O–H groups in total. The van der Waals surface area contributed by atoms with Crippen LogP contribution in [0.5, 0.6) is 11.5 Å². The highest BCUT2D eigenvalue weighted by molar-refractivity contribution is 7.92. The average molecular weight is 427 g/mol. The van der Waals surface area contributed by atoms with Crippen molar-refractivity contribution in [3.05, 3.63) is 71.7 Å². The maximum Gasteiger partial charge on any atom is 0.263 e. The molecule has 4 rings (SSSR count). The second-order valence-electron chi connectivity index (χ2n) is 6.70. The maximum absolute atomic E-state index is 13.3. The number of anilines is 2. The van der Waals surface area contributed by atoms with Crippen LogP contribution in [0.4, 0.5) is 15.9 Å². The van der Waals surface area contributed by atoms with E-state index in [0.29, 0.717) is 23.7 Å². The summed E-state index contributed by atoms with van der Waals surface area (Å²) in [6, 6.07) is 11.2. The minimum Gasteiger partial charge on any atom is -0.453 e. The number of hydrogen-bond donors (Lipinski definition) is 1. The Morgan fingerprint density at radius 1 is 1.13 bits per heavy atom. The molecule has 0 fully saturated rings. The number of nitrogens with one attached hydrogen (secondary N) is 1. The number of amides is 1. The Kier molecular flexibility index (Phi) is 4.90. The molecule has 0 saturated heterocycles. The third-order valence-electron chi connectivity index (χ3n) is 4.71. The van der Waals surface area contributed by atoms with E-state index in [1.54, 1.807) is 32.2 Å². The van der Waals surface area contributed by atoms with Gasteiger partial charge in [0.1, 0.15) is 11.6 Å². The van der Waals surface area contributed by atoms with Crippen LogP contribution in [0, 0.1) is 12.7 Å². The Bertz CT molecular complexity index is 1260. The van der Waals surface area contributed by atoms with Crippen LogP contribution in [0.15, 0.2) is 59.6 Å². The number of halogens is 1. The molecule has 0 aliphatic carbocycles. The molecular weight excluding hydrogens is 409 g/mol. The number of ether oxygens (including phenoxy) is 1. The van der Waals surface area contributed by atoms with Gasteiger partial charge in [0, 0.05) is 12.7 Å². The summed E-state index contributed by atoms with van der Waals surface area (Å²) in [5.41, 5.74) is 0.792. The van der Waals surface area contributed by atoms with E-state index in [9.17, 15) is 17.6 Å². The molecule has 30 heavy (non-hydrogen) atoms. The van der Waals surface area contributed by atoms with Gasteiger partial charge < -0.3 is 4.74 Å². The van der Waals surface area contributed by atoms with Gasteiger partial charge in [0.15, 0.2) is 11.6 Å². The Morgan fingerprint density at radius 3 is 2.67 bits per heavy atom. The van der Waals surface area contributed by atoms with Gasteiger partial charge in [-0.25, -0.2) is 17.8 Å². The standard InChI is InChI=1S/C21H18FN3O4S/c1-3-25-20-19(5-4-10-23-20)29-18-9-7-15(12-16(18)21(25)26)30(27,28)24-17-8-6-14(22)11-13(17)2/h4-12,24H,3H2,1-2H3. The first kappa shape index (κ1) is 19.8. The van der Waals surface area contributed by atoms with E-state index in [1.165, 1.54) is 41.3 Å². The second-order valence-corrected chi connectivity index (χ2v) is 8.38. The van der Waals surface area contributed by atoms with E-state index in [4.69, 9.17) is 4.74 Å². The lowest BCUT2D eigenvalue weighted by molar-refractivity contribution is 0.0987. The number of aromatic nitrogens is 1. The summed E-state index contributed by atoms with van der Waals surface area (Å²) < 4.78 is 47.4. The minimum absolute atomic E-state index is 0.105. The summed E-state index contributed by atoms with van der Waals surface area (Å²) in [7, 11) is -4.02. The summed E-state index contributed by atoms with van der Waals surface area (Å²) in [6.07, 6.45) is 1.55. The van der Waals surface area contributed by atoms with Gasteiger partial charge >= 0.3 is 0 Å². The van der Waals surface area contributed by atoms with Crippen LogP contribution in [0.3, 0.4) is 0 Å². The molecule has 0 saturated carbocycles. The third kappa shape index (κ3) is 3.48. The Hall–Kier alpha value is -3.46. The number of benzene rings is 2. The zero-order valence-corrected chi connectivity index (χ0v) is 17.0. The number of carbonyl (C=O) groups excluding carboxylic acids is 1. The molecule has 0 radical (unpaired) electrons. The maximum atomic E-state index is 13.3. The van der Waals surface area contributed by atoms with Crippen LogP contribution in [0.25, 0.3) is 0 Å². The second kappa shape index (κ2) is 7.42. The summed E-state index contributed by atoms with van der Waals surface area (Å²) in [5, 5.41) is 0. The first-order chi connectivity index (χ1) is 14.3. The normalized spacial score (nSPS) is 13.2. The van der Waals surface area contributed by atoms with Gasteiger partial charge in [-0.2, -0.15) is 0 Å². The van der Waals surface area contributed by atoms with Crippen LogP contribution >= 0.6 is 0 Å². The van der Waals surface area contributed by atoms with Crippen molar-refractivity contribution in [2.24, 2.45) is 0 Å². The number of nitrogens with zero attached hydrogens (tertiary/aromatic N) is 2. The number of rotatable bonds is 4. The van der Waals surface area contributed by atoms with Crippen LogP contribution in [-0.4, -0.2) is 25.9 Å². The fourth-order valence-corrected chi connectivity index (χ4v) is 4.35. The van der Waals surface area contributed by atoms with E-state index >= 15 is 0 Å². The average Bonchev–Trinajstić information content (AvgIpc) is 2.83. The van der Waals surface area contributed by atoms with Gasteiger partial charge in [-0.05, 0) is 67.9 Å². The van der Waals surface area contributed by atoms with Gasteiger partial charge in [-0.15, -0.1) is 0 Å². The van der Waals surface area contributed by atoms with Crippen molar-refractivity contribution in [1.29, 1.82) is 0 Å². The lowest BCUT2D eigenvalue weighted by Gasteiger charge is -2.18. The van der Waals surface area contributed by atoms with Crippen molar-refractivity contribution < 1.29 is 22.3 Å². The van der Waals surface area contributed by atoms with E-state index in [1.807, 2.05) is 0 Å². The molecular formula is C21H18FN3O4S.